The summed E-state index contributed by atoms with van der Waals surface area (Å²) in [6, 6.07) is 3.68. The first kappa shape index (κ1) is 17.0. The van der Waals surface area contributed by atoms with Gasteiger partial charge < -0.3 is 19.3 Å². The summed E-state index contributed by atoms with van der Waals surface area (Å²) in [5, 5.41) is 1.63. The van der Waals surface area contributed by atoms with Gasteiger partial charge in [0.25, 0.3) is 5.91 Å². The molecule has 6 nitrogen and oxygen atoms in total. The van der Waals surface area contributed by atoms with Gasteiger partial charge in [-0.25, -0.2) is 0 Å². The first-order valence-electron chi connectivity index (χ1n) is 7.73. The monoisotopic (exact) mass is 393 g/mol. The fraction of sp³-hybridized carbons (Fsp3) is 0.412. The van der Waals surface area contributed by atoms with Crippen molar-refractivity contribution < 1.29 is 14.3 Å². The number of rotatable bonds is 3. The number of amides is 1. The molecular formula is C17H20BrN3O3. The van der Waals surface area contributed by atoms with E-state index in [4.69, 9.17) is 9.47 Å². The Kier molecular flexibility index (Phi) is 4.91. The summed E-state index contributed by atoms with van der Waals surface area (Å²) >= 11 is 3.56. The minimum absolute atomic E-state index is 0.0483. The second-order valence-corrected chi connectivity index (χ2v) is 6.57. The van der Waals surface area contributed by atoms with E-state index in [0.717, 1.165) is 28.3 Å². The summed E-state index contributed by atoms with van der Waals surface area (Å²) in [6.45, 7) is 3.17. The van der Waals surface area contributed by atoms with E-state index in [1.807, 2.05) is 17.0 Å². The Morgan fingerprint density at radius 3 is 2.50 bits per heavy atom. The molecule has 0 saturated carbocycles. The van der Waals surface area contributed by atoms with Gasteiger partial charge in [-0.15, -0.1) is 0 Å². The lowest BCUT2D eigenvalue weighted by molar-refractivity contribution is 0.0660. The van der Waals surface area contributed by atoms with Gasteiger partial charge in [-0.3, -0.25) is 9.78 Å². The van der Waals surface area contributed by atoms with Gasteiger partial charge in [-0.2, -0.15) is 0 Å². The Labute approximate surface area is 149 Å². The highest BCUT2D eigenvalue weighted by Crippen LogP contribution is 2.41. The second kappa shape index (κ2) is 6.94. The predicted molar refractivity (Wildman–Crippen MR) is 95.9 cm³/mol. The standard InChI is InChI=1S/C17H20BrN3O3/c1-20-6-8-21(9-7-20)17(22)15-12-10-13(23-2)16(24-3)14(18)11(12)4-5-19-15/h4-5,10H,6-9H2,1-3H3. The highest BCUT2D eigenvalue weighted by molar-refractivity contribution is 9.10. The molecule has 128 valence electrons. The first-order valence-corrected chi connectivity index (χ1v) is 8.53. The average molecular weight is 394 g/mol. The zero-order valence-corrected chi connectivity index (χ0v) is 15.6. The Balaban J connectivity index is 2.08. The van der Waals surface area contributed by atoms with Crippen molar-refractivity contribution in [3.63, 3.8) is 0 Å². The number of aromatic nitrogens is 1. The molecule has 1 aromatic heterocycles. The van der Waals surface area contributed by atoms with E-state index in [2.05, 4.69) is 32.9 Å². The fourth-order valence-corrected chi connectivity index (χ4v) is 3.61. The van der Waals surface area contributed by atoms with Gasteiger partial charge in [0.05, 0.1) is 18.7 Å². The van der Waals surface area contributed by atoms with Crippen LogP contribution in [0.2, 0.25) is 0 Å². The molecule has 0 aliphatic carbocycles. The molecule has 0 radical (unpaired) electrons. The van der Waals surface area contributed by atoms with Crippen molar-refractivity contribution in [2.45, 2.75) is 0 Å². The minimum atomic E-state index is -0.0483. The van der Waals surface area contributed by atoms with Crippen LogP contribution in [0.25, 0.3) is 10.8 Å². The molecule has 0 bridgehead atoms. The van der Waals surface area contributed by atoms with Gasteiger partial charge in [0.1, 0.15) is 5.69 Å². The lowest BCUT2D eigenvalue weighted by Crippen LogP contribution is -2.47. The van der Waals surface area contributed by atoms with E-state index >= 15 is 0 Å². The molecule has 1 aliphatic rings. The zero-order valence-electron chi connectivity index (χ0n) is 14.0. The Hall–Kier alpha value is -1.86. The van der Waals surface area contributed by atoms with Crippen molar-refractivity contribution >= 4 is 32.6 Å². The number of ether oxygens (including phenoxy) is 2. The number of likely N-dealkylation sites (N-methyl/N-ethyl adjacent to an activating group) is 1. The number of piperazine rings is 1. The van der Waals surface area contributed by atoms with Crippen LogP contribution in [-0.4, -0.2) is 68.1 Å². The van der Waals surface area contributed by atoms with Crippen LogP contribution in [0.1, 0.15) is 10.5 Å². The van der Waals surface area contributed by atoms with E-state index in [-0.39, 0.29) is 5.91 Å². The zero-order chi connectivity index (χ0) is 17.3. The Morgan fingerprint density at radius 1 is 1.17 bits per heavy atom. The van der Waals surface area contributed by atoms with Crippen LogP contribution in [0.15, 0.2) is 22.8 Å². The van der Waals surface area contributed by atoms with Gasteiger partial charge in [-0.05, 0) is 35.1 Å². The fourth-order valence-electron chi connectivity index (χ4n) is 2.91. The van der Waals surface area contributed by atoms with E-state index in [1.165, 1.54) is 0 Å². The topological polar surface area (TPSA) is 54.9 Å². The molecule has 1 aliphatic heterocycles. The maximum Gasteiger partial charge on any atom is 0.273 e. The Bertz CT molecular complexity index is 773. The van der Waals surface area contributed by atoms with Gasteiger partial charge in [-0.1, -0.05) is 0 Å². The number of fused-ring (bicyclic) bond motifs is 1. The van der Waals surface area contributed by atoms with Gasteiger partial charge in [0.15, 0.2) is 11.5 Å². The Morgan fingerprint density at radius 2 is 1.88 bits per heavy atom. The van der Waals surface area contributed by atoms with Crippen molar-refractivity contribution in [3.8, 4) is 11.5 Å². The summed E-state index contributed by atoms with van der Waals surface area (Å²) in [5.74, 6) is 1.12. The molecule has 24 heavy (non-hydrogen) atoms. The summed E-state index contributed by atoms with van der Waals surface area (Å²) in [4.78, 5) is 21.4. The highest BCUT2D eigenvalue weighted by atomic mass is 79.9. The van der Waals surface area contributed by atoms with Gasteiger partial charge in [0.2, 0.25) is 0 Å². The molecule has 0 atom stereocenters. The van der Waals surface area contributed by atoms with Crippen LogP contribution in [-0.2, 0) is 0 Å². The van der Waals surface area contributed by atoms with Crippen molar-refractivity contribution in [1.29, 1.82) is 0 Å². The van der Waals surface area contributed by atoms with E-state index < -0.39 is 0 Å². The molecular weight excluding hydrogens is 374 g/mol. The molecule has 0 unspecified atom stereocenters. The third kappa shape index (κ3) is 2.93. The number of hydrogen-bond donors (Lipinski definition) is 0. The molecule has 1 amide bonds. The van der Waals surface area contributed by atoms with Crippen LogP contribution >= 0.6 is 15.9 Å². The van der Waals surface area contributed by atoms with Gasteiger partial charge in [0, 0.05) is 43.1 Å². The lowest BCUT2D eigenvalue weighted by atomic mass is 10.1. The molecule has 1 saturated heterocycles. The second-order valence-electron chi connectivity index (χ2n) is 5.78. The normalized spacial score (nSPS) is 15.6. The number of methoxy groups -OCH3 is 2. The van der Waals surface area contributed by atoms with Crippen molar-refractivity contribution in [3.05, 3.63) is 28.5 Å². The maximum absolute atomic E-state index is 12.9. The maximum atomic E-state index is 12.9. The minimum Gasteiger partial charge on any atom is -0.493 e. The quantitative estimate of drug-likeness (QED) is 0.801. The largest absolute Gasteiger partial charge is 0.493 e. The number of carbonyl (C=O) groups excluding carboxylic acids is 1. The third-order valence-electron chi connectivity index (χ3n) is 4.34. The van der Waals surface area contributed by atoms with Crippen LogP contribution < -0.4 is 9.47 Å². The van der Waals surface area contributed by atoms with Crippen LogP contribution in [0, 0.1) is 0 Å². The van der Waals surface area contributed by atoms with Crippen molar-refractivity contribution in [2.24, 2.45) is 0 Å². The lowest BCUT2D eigenvalue weighted by Gasteiger charge is -2.32. The summed E-state index contributed by atoms with van der Waals surface area (Å²) in [6.07, 6.45) is 1.66. The third-order valence-corrected chi connectivity index (χ3v) is 5.13. The smallest absolute Gasteiger partial charge is 0.273 e. The van der Waals surface area contributed by atoms with Crippen molar-refractivity contribution in [1.82, 2.24) is 14.8 Å². The molecule has 7 heteroatoms. The molecule has 1 fully saturated rings. The molecule has 3 rings (SSSR count). The van der Waals surface area contributed by atoms with Crippen molar-refractivity contribution in [2.75, 3.05) is 47.4 Å². The summed E-state index contributed by atoms with van der Waals surface area (Å²) in [7, 11) is 5.23. The molecule has 0 N–H and O–H groups in total. The number of benzene rings is 1. The number of pyridine rings is 1. The molecule has 0 spiro atoms. The predicted octanol–water partition coefficient (Wildman–Crippen LogP) is 2.40. The number of hydrogen-bond acceptors (Lipinski definition) is 5. The molecule has 1 aromatic carbocycles. The average Bonchev–Trinajstić information content (AvgIpc) is 2.61. The van der Waals surface area contributed by atoms with Crippen LogP contribution in [0.5, 0.6) is 11.5 Å². The SMILES string of the molecule is COc1cc2c(C(=O)N3CCN(C)CC3)nccc2c(Br)c1OC. The van der Waals surface area contributed by atoms with E-state index in [9.17, 15) is 4.79 Å². The van der Waals surface area contributed by atoms with E-state index in [0.29, 0.717) is 30.3 Å². The number of carbonyl (C=O) groups is 1. The van der Waals surface area contributed by atoms with Gasteiger partial charge >= 0.3 is 0 Å². The first-order chi connectivity index (χ1) is 11.6. The number of nitrogens with zero attached hydrogens (tertiary/aromatic N) is 3. The summed E-state index contributed by atoms with van der Waals surface area (Å²) in [5.41, 5.74) is 0.443. The number of halogens is 1. The van der Waals surface area contributed by atoms with E-state index in [1.54, 1.807) is 20.4 Å². The summed E-state index contributed by atoms with van der Waals surface area (Å²) < 4.78 is 11.6. The van der Waals surface area contributed by atoms with Crippen LogP contribution in [0.3, 0.4) is 0 Å². The molecule has 2 aromatic rings. The van der Waals surface area contributed by atoms with Crippen LogP contribution in [0.4, 0.5) is 0 Å². The highest BCUT2D eigenvalue weighted by Gasteiger charge is 2.24. The molecule has 2 heterocycles.